The first kappa shape index (κ1) is 14.5. The maximum absolute atomic E-state index is 12.5. The number of hydrogen-bond acceptors (Lipinski definition) is 2. The van der Waals surface area contributed by atoms with Gasteiger partial charge in [0, 0.05) is 17.7 Å². The fourth-order valence-corrected chi connectivity index (χ4v) is 2.80. The number of anilines is 1. The van der Waals surface area contributed by atoms with Crippen molar-refractivity contribution in [1.82, 2.24) is 4.98 Å². The Labute approximate surface area is 131 Å². The Kier molecular flexibility index (Phi) is 3.57. The molecule has 3 rings (SSSR count). The summed E-state index contributed by atoms with van der Waals surface area (Å²) in [7, 11) is 0. The van der Waals surface area contributed by atoms with E-state index in [1.807, 2.05) is 38.1 Å². The van der Waals surface area contributed by atoms with Gasteiger partial charge in [0.1, 0.15) is 5.82 Å². The first-order valence-corrected chi connectivity index (χ1v) is 7.51. The molecule has 0 saturated carbocycles. The molecule has 1 aliphatic rings. The van der Waals surface area contributed by atoms with Crippen molar-refractivity contribution in [3.05, 3.63) is 63.3 Å². The van der Waals surface area contributed by atoms with Crippen molar-refractivity contribution < 1.29 is 4.79 Å². The van der Waals surface area contributed by atoms with E-state index in [1.165, 1.54) is 16.7 Å². The van der Waals surface area contributed by atoms with Crippen molar-refractivity contribution in [2.45, 2.75) is 34.1 Å². The number of fused-ring (bicyclic) bond motifs is 1. The van der Waals surface area contributed by atoms with E-state index < -0.39 is 0 Å². The SMILES string of the molecule is Cc1nc(NC(=O)C2=Cc3ccccc3C2)c(C)c(C)c1C. The van der Waals surface area contributed by atoms with Gasteiger partial charge in [0.25, 0.3) is 5.91 Å². The van der Waals surface area contributed by atoms with Crippen molar-refractivity contribution in [3.63, 3.8) is 0 Å². The Morgan fingerprint density at radius 2 is 1.77 bits per heavy atom. The molecular weight excluding hydrogens is 272 g/mol. The average molecular weight is 292 g/mol. The van der Waals surface area contributed by atoms with Gasteiger partial charge >= 0.3 is 0 Å². The molecule has 1 amide bonds. The highest BCUT2D eigenvalue weighted by molar-refractivity contribution is 6.08. The number of pyridine rings is 1. The molecule has 2 aromatic rings. The number of aryl methyl sites for hydroxylation is 1. The zero-order valence-electron chi connectivity index (χ0n) is 13.4. The summed E-state index contributed by atoms with van der Waals surface area (Å²) in [5.41, 5.74) is 7.49. The number of nitrogens with one attached hydrogen (secondary N) is 1. The van der Waals surface area contributed by atoms with Crippen LogP contribution in [0.15, 0.2) is 29.8 Å². The molecular formula is C19H20N2O. The molecule has 112 valence electrons. The highest BCUT2D eigenvalue weighted by Gasteiger charge is 2.19. The Balaban J connectivity index is 1.85. The van der Waals surface area contributed by atoms with E-state index in [0.29, 0.717) is 12.2 Å². The molecule has 1 aromatic carbocycles. The van der Waals surface area contributed by atoms with Crippen molar-refractivity contribution in [2.75, 3.05) is 5.32 Å². The van der Waals surface area contributed by atoms with E-state index >= 15 is 0 Å². The lowest BCUT2D eigenvalue weighted by molar-refractivity contribution is -0.112. The number of aromatic nitrogens is 1. The molecule has 0 saturated heterocycles. The molecule has 22 heavy (non-hydrogen) atoms. The van der Waals surface area contributed by atoms with Crippen LogP contribution in [-0.4, -0.2) is 10.9 Å². The van der Waals surface area contributed by atoms with Crippen molar-refractivity contribution in [3.8, 4) is 0 Å². The van der Waals surface area contributed by atoms with Crippen LogP contribution in [0.4, 0.5) is 5.82 Å². The molecule has 1 N–H and O–H groups in total. The first-order valence-electron chi connectivity index (χ1n) is 7.51. The number of benzene rings is 1. The van der Waals surface area contributed by atoms with Crippen LogP contribution in [0.2, 0.25) is 0 Å². The van der Waals surface area contributed by atoms with Crippen LogP contribution in [0.3, 0.4) is 0 Å². The summed E-state index contributed by atoms with van der Waals surface area (Å²) >= 11 is 0. The largest absolute Gasteiger partial charge is 0.307 e. The van der Waals surface area contributed by atoms with E-state index in [0.717, 1.165) is 22.4 Å². The number of rotatable bonds is 2. The third kappa shape index (κ3) is 2.43. The second-order valence-electron chi connectivity index (χ2n) is 5.92. The summed E-state index contributed by atoms with van der Waals surface area (Å²) < 4.78 is 0. The Morgan fingerprint density at radius 1 is 1.05 bits per heavy atom. The summed E-state index contributed by atoms with van der Waals surface area (Å²) in [6.07, 6.45) is 2.65. The van der Waals surface area contributed by atoms with Crippen molar-refractivity contribution in [2.24, 2.45) is 0 Å². The quantitative estimate of drug-likeness (QED) is 0.912. The van der Waals surface area contributed by atoms with E-state index in [2.05, 4.69) is 30.2 Å². The van der Waals surface area contributed by atoms with Gasteiger partial charge in [-0.25, -0.2) is 4.98 Å². The molecule has 1 aromatic heterocycles. The van der Waals surface area contributed by atoms with Gasteiger partial charge in [-0.2, -0.15) is 0 Å². The minimum absolute atomic E-state index is 0.0607. The van der Waals surface area contributed by atoms with Crippen molar-refractivity contribution >= 4 is 17.8 Å². The van der Waals surface area contributed by atoms with Crippen LogP contribution in [-0.2, 0) is 11.2 Å². The molecule has 0 radical (unpaired) electrons. The van der Waals surface area contributed by atoms with E-state index in [1.54, 1.807) is 0 Å². The average Bonchev–Trinajstić information content (AvgIpc) is 2.94. The van der Waals surface area contributed by atoms with E-state index in [9.17, 15) is 4.79 Å². The van der Waals surface area contributed by atoms with Crippen LogP contribution >= 0.6 is 0 Å². The summed E-state index contributed by atoms with van der Waals surface area (Å²) in [6.45, 7) is 8.11. The molecule has 0 atom stereocenters. The number of hydrogen-bond donors (Lipinski definition) is 1. The van der Waals surface area contributed by atoms with Crippen LogP contribution in [0.25, 0.3) is 6.08 Å². The topological polar surface area (TPSA) is 42.0 Å². The highest BCUT2D eigenvalue weighted by Crippen LogP contribution is 2.27. The summed E-state index contributed by atoms with van der Waals surface area (Å²) in [5, 5.41) is 2.98. The second-order valence-corrected chi connectivity index (χ2v) is 5.92. The van der Waals surface area contributed by atoms with Gasteiger partial charge < -0.3 is 5.32 Å². The standard InChI is InChI=1S/C19H20N2O/c1-11-12(2)14(4)20-18(13(11)3)21-19(22)17-9-15-7-5-6-8-16(15)10-17/h5-9H,10H2,1-4H3,(H,20,21,22). The predicted molar refractivity (Wildman–Crippen MR) is 89.9 cm³/mol. The summed E-state index contributed by atoms with van der Waals surface area (Å²) in [4.78, 5) is 17.1. The van der Waals surface area contributed by atoms with E-state index in [4.69, 9.17) is 0 Å². The maximum atomic E-state index is 12.5. The molecule has 3 nitrogen and oxygen atoms in total. The Bertz CT molecular complexity index is 803. The molecule has 0 fully saturated rings. The van der Waals surface area contributed by atoms with Crippen molar-refractivity contribution in [1.29, 1.82) is 0 Å². The molecule has 0 aliphatic heterocycles. The molecule has 0 unspecified atom stereocenters. The van der Waals surface area contributed by atoms with Gasteiger partial charge in [-0.15, -0.1) is 0 Å². The lowest BCUT2D eigenvalue weighted by atomic mass is 10.0. The monoisotopic (exact) mass is 292 g/mol. The lowest BCUT2D eigenvalue weighted by Crippen LogP contribution is -2.17. The minimum atomic E-state index is -0.0607. The smallest absolute Gasteiger partial charge is 0.253 e. The first-order chi connectivity index (χ1) is 10.5. The Morgan fingerprint density at radius 3 is 2.50 bits per heavy atom. The number of amides is 1. The maximum Gasteiger partial charge on any atom is 0.253 e. The number of nitrogens with zero attached hydrogens (tertiary/aromatic N) is 1. The molecule has 1 heterocycles. The van der Waals surface area contributed by atoms with Gasteiger partial charge in [-0.1, -0.05) is 24.3 Å². The van der Waals surface area contributed by atoms with Gasteiger partial charge in [0.05, 0.1) is 0 Å². The molecule has 0 bridgehead atoms. The Hall–Kier alpha value is -2.42. The third-order valence-corrected chi connectivity index (χ3v) is 4.59. The molecule has 1 aliphatic carbocycles. The van der Waals surface area contributed by atoms with Crippen LogP contribution < -0.4 is 5.32 Å². The van der Waals surface area contributed by atoms with E-state index in [-0.39, 0.29) is 5.91 Å². The lowest BCUT2D eigenvalue weighted by Gasteiger charge is -2.14. The van der Waals surface area contributed by atoms with Gasteiger partial charge in [-0.05, 0) is 61.6 Å². The second kappa shape index (κ2) is 5.41. The fraction of sp³-hybridized carbons (Fsp3) is 0.263. The predicted octanol–water partition coefficient (Wildman–Crippen LogP) is 3.89. The zero-order chi connectivity index (χ0) is 15.9. The van der Waals surface area contributed by atoms with Crippen LogP contribution in [0, 0.1) is 27.7 Å². The normalized spacial score (nSPS) is 12.8. The van der Waals surface area contributed by atoms with Gasteiger partial charge in [-0.3, -0.25) is 4.79 Å². The van der Waals surface area contributed by atoms with Gasteiger partial charge in [0.2, 0.25) is 0 Å². The number of carbonyl (C=O) groups excluding carboxylic acids is 1. The summed E-state index contributed by atoms with van der Waals surface area (Å²) in [5.74, 6) is 0.608. The number of carbonyl (C=O) groups is 1. The summed E-state index contributed by atoms with van der Waals surface area (Å²) in [6, 6.07) is 8.11. The molecule has 3 heteroatoms. The van der Waals surface area contributed by atoms with Crippen LogP contribution in [0.5, 0.6) is 0 Å². The minimum Gasteiger partial charge on any atom is -0.307 e. The van der Waals surface area contributed by atoms with Gasteiger partial charge in [0.15, 0.2) is 0 Å². The van der Waals surface area contributed by atoms with Crippen LogP contribution in [0.1, 0.15) is 33.5 Å². The zero-order valence-corrected chi connectivity index (χ0v) is 13.4. The molecule has 0 spiro atoms. The third-order valence-electron chi connectivity index (χ3n) is 4.59. The fourth-order valence-electron chi connectivity index (χ4n) is 2.80. The highest BCUT2D eigenvalue weighted by atomic mass is 16.1.